The van der Waals surface area contributed by atoms with E-state index in [0.717, 1.165) is 0 Å². The van der Waals surface area contributed by atoms with E-state index < -0.39 is 54.3 Å². The predicted octanol–water partition coefficient (Wildman–Crippen LogP) is 3.13. The van der Waals surface area contributed by atoms with Gasteiger partial charge in [0, 0.05) is 31.5 Å². The Morgan fingerprint density at radius 3 is 2.69 bits per heavy atom. The summed E-state index contributed by atoms with van der Waals surface area (Å²) in [6, 6.07) is 3.14. The van der Waals surface area contributed by atoms with E-state index >= 15 is 0 Å². The van der Waals surface area contributed by atoms with Crippen LogP contribution in [0.2, 0.25) is 0 Å². The van der Waals surface area contributed by atoms with E-state index in [1.165, 1.54) is 20.2 Å². The van der Waals surface area contributed by atoms with Crippen LogP contribution in [0, 0.1) is 5.92 Å². The van der Waals surface area contributed by atoms with E-state index in [-0.39, 0.29) is 25.4 Å². The van der Waals surface area contributed by atoms with Gasteiger partial charge in [0.2, 0.25) is 0 Å². The summed E-state index contributed by atoms with van der Waals surface area (Å²) < 4.78 is 48.5. The number of nitrogens with zero attached hydrogens (tertiary/aromatic N) is 4. The van der Waals surface area contributed by atoms with E-state index in [1.807, 2.05) is 13.0 Å². The fraction of sp³-hybridized carbons (Fsp3) is 0.731. The number of aromatic nitrogens is 3. The van der Waals surface area contributed by atoms with Gasteiger partial charge in [-0.3, -0.25) is 4.90 Å². The number of aliphatic hydroxyl groups is 1. The molecule has 39 heavy (non-hydrogen) atoms. The van der Waals surface area contributed by atoms with Crippen molar-refractivity contribution in [1.82, 2.24) is 24.8 Å². The third-order valence-corrected chi connectivity index (χ3v) is 7.00. The topological polar surface area (TPSA) is 136 Å². The maximum atomic E-state index is 14.6. The molecule has 4 rings (SSSR count). The van der Waals surface area contributed by atoms with Gasteiger partial charge in [0.05, 0.1) is 24.4 Å². The molecule has 0 aromatic carbocycles. The molecule has 218 valence electrons. The number of likely N-dealkylation sites (tertiary alicyclic amines) is 1. The third kappa shape index (κ3) is 7.13. The molecule has 2 fully saturated rings. The second kappa shape index (κ2) is 10.8. The van der Waals surface area contributed by atoms with Crippen LogP contribution >= 0.6 is 0 Å². The zero-order valence-electron chi connectivity index (χ0n) is 23.4. The number of hydrogen-bond acceptors (Lipinski definition) is 9. The summed E-state index contributed by atoms with van der Waals surface area (Å²) in [7, 11) is 0. The molecule has 0 spiro atoms. The lowest BCUT2D eigenvalue weighted by atomic mass is 9.96. The number of nitrogens with one attached hydrogen (secondary N) is 1. The SMILES string of the molecule is C[C@H]1[C@@H](OC(C)(C)O)[C@H](c2ccc3c(N)ncnn23)O[C@@H]1CN1CC(F)(F)C[C@H]1CCNC(=O)OC(C)(C)C. The number of nitrogen functional groups attached to an aromatic ring is 1. The van der Waals surface area contributed by atoms with Crippen molar-refractivity contribution in [2.24, 2.45) is 5.92 Å². The Morgan fingerprint density at radius 1 is 1.31 bits per heavy atom. The van der Waals surface area contributed by atoms with Gasteiger partial charge in [-0.1, -0.05) is 6.92 Å². The zero-order valence-corrected chi connectivity index (χ0v) is 23.4. The van der Waals surface area contributed by atoms with Crippen LogP contribution in [0.5, 0.6) is 0 Å². The molecule has 2 aliphatic heterocycles. The van der Waals surface area contributed by atoms with Crippen LogP contribution in [-0.2, 0) is 14.2 Å². The molecule has 2 aliphatic rings. The standard InChI is InChI=1S/C26H40F2N6O5/c1-15-19(12-33-13-26(27,28)11-16(33)9-10-30-23(35)39-24(2,3)4)37-21(20(15)38-25(5,6)36)17-7-8-18-22(29)31-14-32-34(17)18/h7-8,14-16,19-21,36H,9-13H2,1-6H3,(H,30,35)(H2,29,31,32)/t15-,16-,19-,20-,21+/m1/s1. The minimum Gasteiger partial charge on any atom is -0.444 e. The molecule has 2 saturated heterocycles. The first-order valence-corrected chi connectivity index (χ1v) is 13.3. The van der Waals surface area contributed by atoms with E-state index in [0.29, 0.717) is 23.4 Å². The predicted molar refractivity (Wildman–Crippen MR) is 139 cm³/mol. The lowest BCUT2D eigenvalue weighted by Crippen LogP contribution is -2.42. The number of ether oxygens (including phenoxy) is 3. The Morgan fingerprint density at radius 2 is 2.03 bits per heavy atom. The molecular formula is C26H40F2N6O5. The molecule has 4 N–H and O–H groups in total. The quantitative estimate of drug-likeness (QED) is 0.421. The number of nitrogens with two attached hydrogens (primary N) is 1. The summed E-state index contributed by atoms with van der Waals surface area (Å²) in [4.78, 5) is 17.7. The van der Waals surface area contributed by atoms with Crippen LogP contribution < -0.4 is 11.1 Å². The Bertz CT molecular complexity index is 1160. The number of alkyl halides is 2. The van der Waals surface area contributed by atoms with Gasteiger partial charge in [0.15, 0.2) is 11.6 Å². The molecule has 4 heterocycles. The number of carbonyl (C=O) groups is 1. The summed E-state index contributed by atoms with van der Waals surface area (Å²) in [6.07, 6.45) is -0.898. The van der Waals surface area contributed by atoms with Crippen LogP contribution in [0.3, 0.4) is 0 Å². The molecule has 1 amide bonds. The minimum absolute atomic E-state index is 0.206. The van der Waals surface area contributed by atoms with Crippen LogP contribution in [0.25, 0.3) is 5.52 Å². The van der Waals surface area contributed by atoms with Gasteiger partial charge in [-0.2, -0.15) is 5.10 Å². The first kappa shape index (κ1) is 29.4. The Kier molecular flexibility index (Phi) is 8.10. The summed E-state index contributed by atoms with van der Waals surface area (Å²) in [5, 5.41) is 17.4. The van der Waals surface area contributed by atoms with Crippen LogP contribution in [0.4, 0.5) is 19.4 Å². The van der Waals surface area contributed by atoms with E-state index in [4.69, 9.17) is 19.9 Å². The number of carbonyl (C=O) groups excluding carboxylic acids is 1. The summed E-state index contributed by atoms with van der Waals surface area (Å²) >= 11 is 0. The number of hydrogen-bond donors (Lipinski definition) is 3. The fourth-order valence-electron chi connectivity index (χ4n) is 5.36. The van der Waals surface area contributed by atoms with E-state index in [9.17, 15) is 18.7 Å². The highest BCUT2D eigenvalue weighted by molar-refractivity contribution is 5.67. The number of alkyl carbamates (subject to hydrolysis) is 1. The molecule has 0 aliphatic carbocycles. The van der Waals surface area contributed by atoms with Gasteiger partial charge in [-0.25, -0.2) is 23.1 Å². The molecule has 5 atom stereocenters. The molecule has 0 bridgehead atoms. The molecule has 13 heteroatoms. The minimum atomic E-state index is -2.85. The van der Waals surface area contributed by atoms with Gasteiger partial charge in [0.25, 0.3) is 5.92 Å². The average molecular weight is 555 g/mol. The van der Waals surface area contributed by atoms with Gasteiger partial charge in [-0.05, 0) is 53.2 Å². The molecule has 0 radical (unpaired) electrons. The van der Waals surface area contributed by atoms with E-state index in [2.05, 4.69) is 15.4 Å². The zero-order chi connectivity index (χ0) is 28.8. The fourth-order valence-corrected chi connectivity index (χ4v) is 5.36. The first-order valence-electron chi connectivity index (χ1n) is 13.3. The van der Waals surface area contributed by atoms with E-state index in [1.54, 1.807) is 36.3 Å². The number of amides is 1. The third-order valence-electron chi connectivity index (χ3n) is 7.00. The van der Waals surface area contributed by atoms with Crippen molar-refractivity contribution in [1.29, 1.82) is 0 Å². The smallest absolute Gasteiger partial charge is 0.407 e. The second-order valence-corrected chi connectivity index (χ2v) is 12.0. The largest absolute Gasteiger partial charge is 0.444 e. The van der Waals surface area contributed by atoms with Crippen molar-refractivity contribution in [2.45, 2.75) is 96.0 Å². The normalized spacial score (nSPS) is 27.8. The summed E-state index contributed by atoms with van der Waals surface area (Å²) in [5.74, 6) is -4.25. The first-order chi connectivity index (χ1) is 18.0. The highest BCUT2D eigenvalue weighted by Crippen LogP contribution is 2.43. The van der Waals surface area contributed by atoms with Crippen molar-refractivity contribution in [2.75, 3.05) is 25.4 Å². The molecular weight excluding hydrogens is 514 g/mol. The monoisotopic (exact) mass is 554 g/mol. The van der Waals surface area contributed by atoms with Crippen LogP contribution in [0.1, 0.15) is 66.2 Å². The van der Waals surface area contributed by atoms with Crippen molar-refractivity contribution in [3.05, 3.63) is 24.2 Å². The highest BCUT2D eigenvalue weighted by Gasteiger charge is 2.50. The lowest BCUT2D eigenvalue weighted by Gasteiger charge is -2.30. The van der Waals surface area contributed by atoms with Crippen molar-refractivity contribution >= 4 is 17.4 Å². The number of rotatable bonds is 8. The number of fused-ring (bicyclic) bond motifs is 1. The molecule has 2 aromatic heterocycles. The van der Waals surface area contributed by atoms with Crippen molar-refractivity contribution < 1.29 is 32.9 Å². The maximum Gasteiger partial charge on any atom is 0.407 e. The van der Waals surface area contributed by atoms with Crippen LogP contribution in [0.15, 0.2) is 18.5 Å². The second-order valence-electron chi connectivity index (χ2n) is 12.0. The van der Waals surface area contributed by atoms with Crippen molar-refractivity contribution in [3.8, 4) is 0 Å². The van der Waals surface area contributed by atoms with Gasteiger partial charge < -0.3 is 30.4 Å². The van der Waals surface area contributed by atoms with Gasteiger partial charge >= 0.3 is 6.09 Å². The highest BCUT2D eigenvalue weighted by atomic mass is 19.3. The van der Waals surface area contributed by atoms with Crippen LogP contribution in [-0.4, -0.2) is 85.9 Å². The maximum absolute atomic E-state index is 14.6. The lowest BCUT2D eigenvalue weighted by molar-refractivity contribution is -0.221. The molecule has 11 nitrogen and oxygen atoms in total. The Labute approximate surface area is 227 Å². The Balaban J connectivity index is 1.50. The molecule has 0 saturated carbocycles. The van der Waals surface area contributed by atoms with Crippen molar-refractivity contribution in [3.63, 3.8) is 0 Å². The molecule has 0 unspecified atom stereocenters. The average Bonchev–Trinajstić information content (AvgIpc) is 3.42. The Hall–Kier alpha value is -2.61. The van der Waals surface area contributed by atoms with Gasteiger partial charge in [-0.15, -0.1) is 0 Å². The number of halogens is 2. The summed E-state index contributed by atoms with van der Waals surface area (Å²) in [5.41, 5.74) is 6.62. The molecule has 2 aromatic rings. The van der Waals surface area contributed by atoms with Gasteiger partial charge in [0.1, 0.15) is 23.5 Å². The number of anilines is 1. The summed E-state index contributed by atoms with van der Waals surface area (Å²) in [6.45, 7) is 10.3.